The number of imidazole rings is 1. The molecule has 0 fully saturated rings. The zero-order valence-electron chi connectivity index (χ0n) is 15.3. The van der Waals surface area contributed by atoms with Crippen LogP contribution in [0.15, 0.2) is 41.1 Å². The Bertz CT molecular complexity index is 1270. The standard InChI is InChI=1S/C19H13BrF2N6O/c1-10-5-11(8-23)26-28(10)19-12(18(21)22)3-4-17(25-19)27-9-24-14-6-13(20)16(29-2)7-15(14)27/h3-7,9,18H,1-2H3. The maximum absolute atomic E-state index is 13.6. The van der Waals surface area contributed by atoms with Crippen molar-refractivity contribution in [1.82, 2.24) is 24.3 Å². The van der Waals surface area contributed by atoms with E-state index in [1.165, 1.54) is 22.9 Å². The highest BCUT2D eigenvalue weighted by atomic mass is 79.9. The average Bonchev–Trinajstić information content (AvgIpc) is 3.29. The van der Waals surface area contributed by atoms with E-state index >= 15 is 0 Å². The largest absolute Gasteiger partial charge is 0.495 e. The first-order chi connectivity index (χ1) is 13.9. The number of nitriles is 1. The first-order valence-corrected chi connectivity index (χ1v) is 9.19. The van der Waals surface area contributed by atoms with Crippen molar-refractivity contribution in [3.63, 3.8) is 0 Å². The molecule has 3 heterocycles. The molecule has 0 unspecified atom stereocenters. The predicted molar refractivity (Wildman–Crippen MR) is 105 cm³/mol. The topological polar surface area (TPSA) is 81.5 Å². The second-order valence-electron chi connectivity index (χ2n) is 6.17. The molecule has 0 radical (unpaired) electrons. The van der Waals surface area contributed by atoms with Crippen molar-refractivity contribution in [2.75, 3.05) is 7.11 Å². The summed E-state index contributed by atoms with van der Waals surface area (Å²) in [7, 11) is 1.55. The minimum atomic E-state index is -2.75. The van der Waals surface area contributed by atoms with Crippen molar-refractivity contribution >= 4 is 27.0 Å². The van der Waals surface area contributed by atoms with Crippen LogP contribution in [-0.4, -0.2) is 31.4 Å². The van der Waals surface area contributed by atoms with Crippen molar-refractivity contribution in [2.45, 2.75) is 13.3 Å². The van der Waals surface area contributed by atoms with Crippen molar-refractivity contribution in [2.24, 2.45) is 0 Å². The van der Waals surface area contributed by atoms with Crippen molar-refractivity contribution < 1.29 is 13.5 Å². The van der Waals surface area contributed by atoms with Gasteiger partial charge in [-0.15, -0.1) is 0 Å². The van der Waals surface area contributed by atoms with E-state index in [9.17, 15) is 8.78 Å². The molecule has 7 nitrogen and oxygen atoms in total. The van der Waals surface area contributed by atoms with Crippen molar-refractivity contribution in [3.05, 3.63) is 58.1 Å². The zero-order valence-corrected chi connectivity index (χ0v) is 16.9. The van der Waals surface area contributed by atoms with Crippen LogP contribution in [-0.2, 0) is 0 Å². The fourth-order valence-corrected chi connectivity index (χ4v) is 3.51. The number of hydrogen-bond acceptors (Lipinski definition) is 5. The number of aryl methyl sites for hydroxylation is 1. The van der Waals surface area contributed by atoms with Gasteiger partial charge in [-0.25, -0.2) is 23.4 Å². The number of benzene rings is 1. The third-order valence-corrected chi connectivity index (χ3v) is 5.02. The van der Waals surface area contributed by atoms with Crippen LogP contribution < -0.4 is 4.74 Å². The maximum Gasteiger partial charge on any atom is 0.267 e. The Morgan fingerprint density at radius 1 is 1.24 bits per heavy atom. The molecule has 0 saturated heterocycles. The van der Waals surface area contributed by atoms with Crippen LogP contribution in [0.2, 0.25) is 0 Å². The summed E-state index contributed by atoms with van der Waals surface area (Å²) in [4.78, 5) is 8.77. The molecule has 29 heavy (non-hydrogen) atoms. The summed E-state index contributed by atoms with van der Waals surface area (Å²) in [6.45, 7) is 1.67. The Morgan fingerprint density at radius 3 is 2.69 bits per heavy atom. The van der Waals surface area contributed by atoms with Gasteiger partial charge in [0.05, 0.1) is 28.2 Å². The number of halogens is 3. The van der Waals surface area contributed by atoms with Gasteiger partial charge in [0.25, 0.3) is 6.43 Å². The smallest absolute Gasteiger partial charge is 0.267 e. The number of fused-ring (bicyclic) bond motifs is 1. The average molecular weight is 459 g/mol. The van der Waals surface area contributed by atoms with Crippen LogP contribution in [0.3, 0.4) is 0 Å². The minimum Gasteiger partial charge on any atom is -0.495 e. The van der Waals surface area contributed by atoms with E-state index < -0.39 is 6.43 Å². The lowest BCUT2D eigenvalue weighted by atomic mass is 10.2. The van der Waals surface area contributed by atoms with E-state index in [-0.39, 0.29) is 17.1 Å². The van der Waals surface area contributed by atoms with Crippen LogP contribution in [0, 0.1) is 18.3 Å². The fourth-order valence-electron chi connectivity index (χ4n) is 3.02. The third-order valence-electron chi connectivity index (χ3n) is 4.40. The molecule has 0 aliphatic carbocycles. The second kappa shape index (κ2) is 7.25. The lowest BCUT2D eigenvalue weighted by Crippen LogP contribution is -2.09. The van der Waals surface area contributed by atoms with Gasteiger partial charge in [0.15, 0.2) is 11.5 Å². The van der Waals surface area contributed by atoms with Crippen molar-refractivity contribution in [1.29, 1.82) is 5.26 Å². The highest BCUT2D eigenvalue weighted by molar-refractivity contribution is 9.10. The van der Waals surface area contributed by atoms with Crippen LogP contribution in [0.25, 0.3) is 22.7 Å². The van der Waals surface area contributed by atoms with Gasteiger partial charge in [0, 0.05) is 11.8 Å². The molecule has 0 amide bonds. The van der Waals surface area contributed by atoms with E-state index in [0.29, 0.717) is 28.3 Å². The van der Waals surface area contributed by atoms with Crippen LogP contribution in [0.5, 0.6) is 5.75 Å². The molecule has 146 valence electrons. The molecule has 4 rings (SSSR count). The van der Waals surface area contributed by atoms with Crippen LogP contribution >= 0.6 is 15.9 Å². The van der Waals surface area contributed by atoms with Gasteiger partial charge in [0.2, 0.25) is 0 Å². The lowest BCUT2D eigenvalue weighted by molar-refractivity contribution is 0.150. The molecule has 0 spiro atoms. The molecule has 0 N–H and O–H groups in total. The Hall–Kier alpha value is -3.32. The summed E-state index contributed by atoms with van der Waals surface area (Å²) < 4.78 is 36.2. The Morgan fingerprint density at radius 2 is 2.03 bits per heavy atom. The number of nitrogens with zero attached hydrogens (tertiary/aromatic N) is 6. The van der Waals surface area contributed by atoms with E-state index in [0.717, 1.165) is 4.47 Å². The Balaban J connectivity index is 1.93. The number of methoxy groups -OCH3 is 1. The van der Waals surface area contributed by atoms with Gasteiger partial charge in [-0.2, -0.15) is 10.4 Å². The van der Waals surface area contributed by atoms with Gasteiger partial charge >= 0.3 is 0 Å². The molecule has 4 aromatic rings. The monoisotopic (exact) mass is 458 g/mol. The highest BCUT2D eigenvalue weighted by Gasteiger charge is 2.20. The number of pyridine rings is 1. The Kier molecular flexibility index (Phi) is 4.76. The van der Waals surface area contributed by atoms with Crippen LogP contribution in [0.4, 0.5) is 8.78 Å². The summed E-state index contributed by atoms with van der Waals surface area (Å²) in [5, 5.41) is 13.1. The first kappa shape index (κ1) is 19.0. The number of rotatable bonds is 4. The van der Waals surface area contributed by atoms with E-state index in [2.05, 4.69) is 31.0 Å². The first-order valence-electron chi connectivity index (χ1n) is 8.40. The minimum absolute atomic E-state index is 0.0394. The highest BCUT2D eigenvalue weighted by Crippen LogP contribution is 2.32. The summed E-state index contributed by atoms with van der Waals surface area (Å²) in [6.07, 6.45) is -1.20. The van der Waals surface area contributed by atoms with Gasteiger partial charge in [0.1, 0.15) is 24.0 Å². The molecule has 0 aliphatic heterocycles. The van der Waals surface area contributed by atoms with E-state index in [1.54, 1.807) is 37.1 Å². The van der Waals surface area contributed by atoms with Gasteiger partial charge < -0.3 is 4.74 Å². The predicted octanol–water partition coefficient (Wildman–Crippen LogP) is 4.50. The molecule has 0 bridgehead atoms. The summed E-state index contributed by atoms with van der Waals surface area (Å²) in [6, 6.07) is 9.80. The fraction of sp³-hybridized carbons (Fsp3) is 0.158. The summed E-state index contributed by atoms with van der Waals surface area (Å²) in [5.74, 6) is 0.942. The molecule has 0 atom stereocenters. The number of ether oxygens (including phenoxy) is 1. The molecule has 0 aliphatic rings. The van der Waals surface area contributed by atoms with Gasteiger partial charge in [-0.05, 0) is 47.1 Å². The SMILES string of the molecule is COc1cc2c(cc1Br)ncn2-c1ccc(C(F)F)c(-n2nc(C#N)cc2C)n1. The molecule has 1 aromatic carbocycles. The van der Waals surface area contributed by atoms with Gasteiger partial charge in [-0.3, -0.25) is 4.57 Å². The molecular weight excluding hydrogens is 446 g/mol. The summed E-state index contributed by atoms with van der Waals surface area (Å²) in [5.41, 5.74) is 1.74. The third kappa shape index (κ3) is 3.23. The van der Waals surface area contributed by atoms with E-state index in [1.807, 2.05) is 6.07 Å². The molecular formula is C19H13BrF2N6O. The maximum atomic E-state index is 13.6. The summed E-state index contributed by atoms with van der Waals surface area (Å²) >= 11 is 3.42. The van der Waals surface area contributed by atoms with Crippen molar-refractivity contribution in [3.8, 4) is 23.5 Å². The molecule has 10 heteroatoms. The second-order valence-corrected chi connectivity index (χ2v) is 7.02. The van der Waals surface area contributed by atoms with Gasteiger partial charge in [-0.1, -0.05) is 0 Å². The van der Waals surface area contributed by atoms with E-state index in [4.69, 9.17) is 10.00 Å². The zero-order chi connectivity index (χ0) is 20.7. The van der Waals surface area contributed by atoms with Crippen LogP contribution in [0.1, 0.15) is 23.4 Å². The number of alkyl halides is 2. The lowest BCUT2D eigenvalue weighted by Gasteiger charge is -2.13. The Labute approximate surface area is 172 Å². The molecule has 0 saturated carbocycles. The quantitative estimate of drug-likeness (QED) is 0.449. The molecule has 3 aromatic heterocycles. The normalized spacial score (nSPS) is 11.2. The number of hydrogen-bond donors (Lipinski definition) is 0. The number of aromatic nitrogens is 5.